The molecule has 0 bridgehead atoms. The van der Waals surface area contributed by atoms with Crippen molar-refractivity contribution >= 4 is 27.3 Å². The SMILES string of the molecule is Cc1ccc([N+](=O)[O-])cc1N([C@H](C)C(=O)N[C@@H](C)CCc1ccccc1)S(C)(=O)=O. The van der Waals surface area contributed by atoms with Crippen LogP contribution in [0, 0.1) is 17.0 Å². The molecule has 2 rings (SSSR count). The summed E-state index contributed by atoms with van der Waals surface area (Å²) in [5.41, 5.74) is 1.54. The predicted octanol–water partition coefficient (Wildman–Crippen LogP) is 3.20. The quantitative estimate of drug-likeness (QED) is 0.482. The lowest BCUT2D eigenvalue weighted by molar-refractivity contribution is -0.384. The van der Waals surface area contributed by atoms with Crippen molar-refractivity contribution in [2.75, 3.05) is 10.6 Å². The molecule has 0 saturated carbocycles. The van der Waals surface area contributed by atoms with Gasteiger partial charge in [0.25, 0.3) is 5.69 Å². The third kappa shape index (κ3) is 6.03. The summed E-state index contributed by atoms with van der Waals surface area (Å²) in [6.45, 7) is 4.97. The number of hydrogen-bond donors (Lipinski definition) is 1. The Bertz CT molecular complexity index is 1010. The van der Waals surface area contributed by atoms with E-state index in [1.807, 2.05) is 37.3 Å². The first kappa shape index (κ1) is 23.3. The van der Waals surface area contributed by atoms with Crippen LogP contribution in [0.2, 0.25) is 0 Å². The first-order valence-corrected chi connectivity index (χ1v) is 11.4. The van der Waals surface area contributed by atoms with Crippen LogP contribution in [-0.2, 0) is 21.2 Å². The van der Waals surface area contributed by atoms with E-state index in [1.165, 1.54) is 25.1 Å². The van der Waals surface area contributed by atoms with Crippen LogP contribution in [0.3, 0.4) is 0 Å². The smallest absolute Gasteiger partial charge is 0.271 e. The number of anilines is 1. The predicted molar refractivity (Wildman–Crippen MR) is 117 cm³/mol. The Hall–Kier alpha value is -2.94. The lowest BCUT2D eigenvalue weighted by Gasteiger charge is -2.30. The van der Waals surface area contributed by atoms with E-state index in [9.17, 15) is 23.3 Å². The molecular formula is C21H27N3O5S. The van der Waals surface area contributed by atoms with Gasteiger partial charge in [-0.3, -0.25) is 19.2 Å². The van der Waals surface area contributed by atoms with Crippen molar-refractivity contribution < 1.29 is 18.1 Å². The van der Waals surface area contributed by atoms with Gasteiger partial charge in [-0.05, 0) is 44.7 Å². The van der Waals surface area contributed by atoms with Gasteiger partial charge in [-0.1, -0.05) is 36.4 Å². The van der Waals surface area contributed by atoms with Gasteiger partial charge in [-0.25, -0.2) is 8.42 Å². The van der Waals surface area contributed by atoms with Crippen LogP contribution in [0.25, 0.3) is 0 Å². The maximum absolute atomic E-state index is 12.8. The number of rotatable bonds is 9. The van der Waals surface area contributed by atoms with Gasteiger partial charge in [0.05, 0.1) is 16.9 Å². The normalized spacial score (nSPS) is 13.3. The number of nitro groups is 1. The van der Waals surface area contributed by atoms with E-state index in [2.05, 4.69) is 5.32 Å². The molecule has 2 aromatic rings. The first-order chi connectivity index (χ1) is 14.0. The largest absolute Gasteiger partial charge is 0.352 e. The Morgan fingerprint density at radius 1 is 1.17 bits per heavy atom. The van der Waals surface area contributed by atoms with Gasteiger partial charge in [0, 0.05) is 18.2 Å². The number of benzene rings is 2. The fourth-order valence-corrected chi connectivity index (χ4v) is 4.42. The molecule has 0 radical (unpaired) electrons. The minimum absolute atomic E-state index is 0.117. The van der Waals surface area contributed by atoms with Crippen LogP contribution in [0.5, 0.6) is 0 Å². The van der Waals surface area contributed by atoms with E-state index in [0.29, 0.717) is 12.0 Å². The third-order valence-corrected chi connectivity index (χ3v) is 6.05. The van der Waals surface area contributed by atoms with Gasteiger partial charge in [-0.15, -0.1) is 0 Å². The fraction of sp³-hybridized carbons (Fsp3) is 0.381. The molecule has 162 valence electrons. The zero-order valence-corrected chi connectivity index (χ0v) is 18.3. The molecule has 0 saturated heterocycles. The van der Waals surface area contributed by atoms with Crippen LogP contribution in [0.15, 0.2) is 48.5 Å². The molecule has 30 heavy (non-hydrogen) atoms. The molecule has 0 heterocycles. The number of carbonyl (C=O) groups excluding carboxylic acids is 1. The summed E-state index contributed by atoms with van der Waals surface area (Å²) < 4.78 is 25.9. The standard InChI is InChI=1S/C21H27N3O5S/c1-15-10-13-19(24(26)27)14-20(15)23(30(4,28)29)17(3)21(25)22-16(2)11-12-18-8-6-5-7-9-18/h5-10,13-14,16-17H,11-12H2,1-4H3,(H,22,25)/t16-,17+/m0/s1. The van der Waals surface area contributed by atoms with Crippen molar-refractivity contribution in [1.82, 2.24) is 5.32 Å². The zero-order chi connectivity index (χ0) is 22.5. The number of carbonyl (C=O) groups is 1. The number of non-ortho nitro benzene ring substituents is 1. The fourth-order valence-electron chi connectivity index (χ4n) is 3.19. The van der Waals surface area contributed by atoms with E-state index in [-0.39, 0.29) is 17.4 Å². The molecule has 0 aliphatic heterocycles. The lowest BCUT2D eigenvalue weighted by atomic mass is 10.1. The second-order valence-electron chi connectivity index (χ2n) is 7.40. The number of nitrogens with one attached hydrogen (secondary N) is 1. The van der Waals surface area contributed by atoms with Gasteiger partial charge in [0.2, 0.25) is 15.9 Å². The van der Waals surface area contributed by atoms with Crippen molar-refractivity contribution in [2.45, 2.75) is 45.7 Å². The topological polar surface area (TPSA) is 110 Å². The first-order valence-electron chi connectivity index (χ1n) is 9.59. The van der Waals surface area contributed by atoms with Gasteiger partial charge in [0.15, 0.2) is 0 Å². The van der Waals surface area contributed by atoms with Crippen LogP contribution >= 0.6 is 0 Å². The highest BCUT2D eigenvalue weighted by Crippen LogP contribution is 2.29. The van der Waals surface area contributed by atoms with Crippen molar-refractivity contribution in [3.63, 3.8) is 0 Å². The molecule has 2 atom stereocenters. The lowest BCUT2D eigenvalue weighted by Crippen LogP contribution is -2.50. The Balaban J connectivity index is 2.19. The molecule has 0 aromatic heterocycles. The molecule has 0 aliphatic carbocycles. The number of aryl methyl sites for hydroxylation is 2. The Morgan fingerprint density at radius 2 is 1.80 bits per heavy atom. The van der Waals surface area contributed by atoms with Gasteiger partial charge < -0.3 is 5.32 Å². The summed E-state index contributed by atoms with van der Waals surface area (Å²) in [5.74, 6) is -0.466. The Labute approximate surface area is 177 Å². The summed E-state index contributed by atoms with van der Waals surface area (Å²) >= 11 is 0. The van der Waals surface area contributed by atoms with Gasteiger partial charge in [0.1, 0.15) is 6.04 Å². The zero-order valence-electron chi connectivity index (χ0n) is 17.5. The molecule has 0 spiro atoms. The highest BCUT2D eigenvalue weighted by atomic mass is 32.2. The van der Waals surface area contributed by atoms with Gasteiger partial charge in [-0.2, -0.15) is 0 Å². The van der Waals surface area contributed by atoms with Crippen LogP contribution in [-0.4, -0.2) is 37.6 Å². The van der Waals surface area contributed by atoms with Gasteiger partial charge >= 0.3 is 0 Å². The molecule has 0 unspecified atom stereocenters. The second-order valence-corrected chi connectivity index (χ2v) is 9.26. The average molecular weight is 434 g/mol. The van der Waals surface area contributed by atoms with Crippen LogP contribution < -0.4 is 9.62 Å². The number of hydrogen-bond acceptors (Lipinski definition) is 5. The van der Waals surface area contributed by atoms with E-state index in [4.69, 9.17) is 0 Å². The van der Waals surface area contributed by atoms with Crippen molar-refractivity contribution in [1.29, 1.82) is 0 Å². The van der Waals surface area contributed by atoms with E-state index >= 15 is 0 Å². The molecule has 1 N–H and O–H groups in total. The highest BCUT2D eigenvalue weighted by Gasteiger charge is 2.31. The number of nitro benzene ring substituents is 1. The molecule has 1 amide bonds. The van der Waals surface area contributed by atoms with E-state index in [0.717, 1.165) is 22.5 Å². The maximum atomic E-state index is 12.8. The highest BCUT2D eigenvalue weighted by molar-refractivity contribution is 7.92. The molecule has 2 aromatic carbocycles. The van der Waals surface area contributed by atoms with Crippen molar-refractivity contribution in [3.05, 3.63) is 69.8 Å². The van der Waals surface area contributed by atoms with Crippen molar-refractivity contribution in [2.24, 2.45) is 0 Å². The Kier molecular flexibility index (Phi) is 7.55. The number of amides is 1. The van der Waals surface area contributed by atoms with E-state index in [1.54, 1.807) is 6.92 Å². The summed E-state index contributed by atoms with van der Waals surface area (Å²) in [6.07, 6.45) is 2.45. The van der Waals surface area contributed by atoms with E-state index < -0.39 is 26.9 Å². The summed E-state index contributed by atoms with van der Waals surface area (Å²) in [7, 11) is -3.87. The second kappa shape index (κ2) is 9.71. The summed E-state index contributed by atoms with van der Waals surface area (Å²) in [4.78, 5) is 23.3. The minimum Gasteiger partial charge on any atom is -0.352 e. The number of nitrogens with zero attached hydrogens (tertiary/aromatic N) is 2. The third-order valence-electron chi connectivity index (χ3n) is 4.83. The number of sulfonamides is 1. The Morgan fingerprint density at radius 3 is 2.37 bits per heavy atom. The maximum Gasteiger partial charge on any atom is 0.271 e. The summed E-state index contributed by atoms with van der Waals surface area (Å²) in [6, 6.07) is 12.6. The van der Waals surface area contributed by atoms with Crippen LogP contribution in [0.1, 0.15) is 31.4 Å². The monoisotopic (exact) mass is 433 g/mol. The molecule has 0 aliphatic rings. The summed E-state index contributed by atoms with van der Waals surface area (Å²) in [5, 5.41) is 14.0. The molecule has 9 heteroatoms. The van der Waals surface area contributed by atoms with Crippen molar-refractivity contribution in [3.8, 4) is 0 Å². The molecular weight excluding hydrogens is 406 g/mol. The average Bonchev–Trinajstić information content (AvgIpc) is 2.67. The molecule has 8 nitrogen and oxygen atoms in total. The minimum atomic E-state index is -3.87. The van der Waals surface area contributed by atoms with Crippen LogP contribution in [0.4, 0.5) is 11.4 Å². The molecule has 0 fully saturated rings.